The smallest absolute Gasteiger partial charge is 0.270 e. The molecule has 0 saturated carbocycles. The number of amides is 1. The van der Waals surface area contributed by atoms with Crippen LogP contribution in [0.25, 0.3) is 34.3 Å². The van der Waals surface area contributed by atoms with Gasteiger partial charge < -0.3 is 25.5 Å². The molecule has 0 saturated heterocycles. The van der Waals surface area contributed by atoms with Crippen LogP contribution >= 0.6 is 0 Å². The van der Waals surface area contributed by atoms with Gasteiger partial charge in [-0.3, -0.25) is 4.79 Å². The fourth-order valence-corrected chi connectivity index (χ4v) is 3.10. The Morgan fingerprint density at radius 3 is 2.55 bits per heavy atom. The van der Waals surface area contributed by atoms with E-state index in [1.54, 1.807) is 50.6 Å². The molecular formula is C23H31N7O3. The minimum atomic E-state index is -0.0836. The van der Waals surface area contributed by atoms with E-state index in [0.29, 0.717) is 35.7 Å². The van der Waals surface area contributed by atoms with Crippen molar-refractivity contribution in [1.29, 1.82) is 0 Å². The molecule has 1 amide bonds. The minimum absolute atomic E-state index is 0. The second-order valence-corrected chi connectivity index (χ2v) is 7.31. The molecule has 10 heteroatoms. The molecule has 0 aliphatic rings. The Hall–Kier alpha value is -4.31. The number of hydrogen-bond acceptors (Lipinski definition) is 9. The summed E-state index contributed by atoms with van der Waals surface area (Å²) in [5.74, 6) is 1.04. The van der Waals surface area contributed by atoms with Crippen LogP contribution < -0.4 is 16.2 Å². The highest BCUT2D eigenvalue weighted by Gasteiger charge is 2.19. The molecule has 0 spiro atoms. The Kier molecular flexibility index (Phi) is 6.27. The number of para-hydroxylation sites is 1. The predicted octanol–water partition coefficient (Wildman–Crippen LogP) is 3.47. The SMILES string of the molecule is CN(C)C(=O)c1ccc(-c2cnc(N)c(-c3nnc(-c4ccccc4OCCN)o3)n2)cc1.[HH].[HH].[HH].[HH]. The Morgan fingerprint density at radius 1 is 1.09 bits per heavy atom. The van der Waals surface area contributed by atoms with Gasteiger partial charge >= 0.3 is 0 Å². The fourth-order valence-electron chi connectivity index (χ4n) is 3.10. The lowest BCUT2D eigenvalue weighted by atomic mass is 10.1. The molecule has 0 atom stereocenters. The Labute approximate surface area is 196 Å². The normalized spacial score (nSPS) is 10.8. The number of carbonyl (C=O) groups excluding carboxylic acids is 1. The van der Waals surface area contributed by atoms with E-state index in [4.69, 9.17) is 20.6 Å². The number of nitrogens with zero attached hydrogens (tertiary/aromatic N) is 5. The third-order valence-corrected chi connectivity index (χ3v) is 4.76. The second-order valence-electron chi connectivity index (χ2n) is 7.31. The summed E-state index contributed by atoms with van der Waals surface area (Å²) < 4.78 is 11.5. The van der Waals surface area contributed by atoms with Crippen LogP contribution in [0.5, 0.6) is 5.75 Å². The molecule has 0 bridgehead atoms. The van der Waals surface area contributed by atoms with Crippen LogP contribution in [0.3, 0.4) is 0 Å². The van der Waals surface area contributed by atoms with Crippen LogP contribution in [0.2, 0.25) is 0 Å². The average molecular weight is 454 g/mol. The molecule has 176 valence electrons. The molecule has 4 N–H and O–H groups in total. The molecule has 4 rings (SSSR count). The maximum absolute atomic E-state index is 12.1. The Balaban J connectivity index is 0.00000324. The van der Waals surface area contributed by atoms with Crippen molar-refractivity contribution in [2.45, 2.75) is 0 Å². The van der Waals surface area contributed by atoms with E-state index in [1.165, 1.54) is 4.90 Å². The molecule has 2 heterocycles. The van der Waals surface area contributed by atoms with Gasteiger partial charge in [0.1, 0.15) is 12.4 Å². The molecule has 4 aromatic rings. The van der Waals surface area contributed by atoms with Crippen LogP contribution in [-0.4, -0.2) is 58.2 Å². The van der Waals surface area contributed by atoms with Crippen molar-refractivity contribution < 1.29 is 19.7 Å². The average Bonchev–Trinajstić information content (AvgIpc) is 3.32. The molecular weight excluding hydrogens is 422 g/mol. The van der Waals surface area contributed by atoms with E-state index in [0.717, 1.165) is 5.56 Å². The van der Waals surface area contributed by atoms with Crippen molar-refractivity contribution >= 4 is 11.7 Å². The maximum atomic E-state index is 12.1. The van der Waals surface area contributed by atoms with Crippen molar-refractivity contribution in [1.82, 2.24) is 25.1 Å². The molecule has 10 nitrogen and oxygen atoms in total. The first-order chi connectivity index (χ1) is 16.0. The number of rotatable bonds is 7. The molecule has 0 aliphatic heterocycles. The Bertz CT molecular complexity index is 1290. The summed E-state index contributed by atoms with van der Waals surface area (Å²) in [5, 5.41) is 8.24. The number of anilines is 1. The number of hydrogen-bond donors (Lipinski definition) is 2. The van der Waals surface area contributed by atoms with Gasteiger partial charge in [-0.1, -0.05) is 24.3 Å². The summed E-state index contributed by atoms with van der Waals surface area (Å²) >= 11 is 0. The summed E-state index contributed by atoms with van der Waals surface area (Å²) in [6, 6.07) is 14.4. The van der Waals surface area contributed by atoms with Crippen LogP contribution in [0.4, 0.5) is 5.82 Å². The lowest BCUT2D eigenvalue weighted by molar-refractivity contribution is 0.0827. The highest BCUT2D eigenvalue weighted by Crippen LogP contribution is 2.32. The first-order valence-corrected chi connectivity index (χ1v) is 10.2. The van der Waals surface area contributed by atoms with E-state index in [-0.39, 0.29) is 34.9 Å². The van der Waals surface area contributed by atoms with Gasteiger partial charge in [-0.05, 0) is 24.3 Å². The summed E-state index contributed by atoms with van der Waals surface area (Å²) in [6.07, 6.45) is 1.55. The maximum Gasteiger partial charge on any atom is 0.270 e. The summed E-state index contributed by atoms with van der Waals surface area (Å²) in [4.78, 5) is 22.4. The zero-order chi connectivity index (χ0) is 23.4. The van der Waals surface area contributed by atoms with Crippen LogP contribution in [0.15, 0.2) is 59.1 Å². The molecule has 0 aliphatic carbocycles. The third kappa shape index (κ3) is 4.65. The highest BCUT2D eigenvalue weighted by atomic mass is 16.5. The lowest BCUT2D eigenvalue weighted by Crippen LogP contribution is -2.21. The molecule has 2 aromatic carbocycles. The van der Waals surface area contributed by atoms with E-state index in [2.05, 4.69) is 20.2 Å². The van der Waals surface area contributed by atoms with Gasteiger partial charge in [-0.25, -0.2) is 9.97 Å². The van der Waals surface area contributed by atoms with Gasteiger partial charge in [0.15, 0.2) is 11.5 Å². The predicted molar refractivity (Wildman–Crippen MR) is 132 cm³/mol. The Morgan fingerprint density at radius 2 is 1.82 bits per heavy atom. The zero-order valence-corrected chi connectivity index (χ0v) is 18.2. The standard InChI is InChI=1S/C23H23N7O3.4H2/c1-30(2)23(31)15-9-7-14(8-10-15)17-13-26-20(25)19(27-17)22-29-28-21(33-22)16-5-3-4-6-18(16)32-12-11-24;;;;/h3-10,13H,11-12,24H2,1-2H3,(H2,25,26);4*1H. The van der Waals surface area contributed by atoms with Gasteiger partial charge in [0.05, 0.1) is 17.5 Å². The zero-order valence-electron chi connectivity index (χ0n) is 18.2. The number of nitrogens with two attached hydrogens (primary N) is 2. The van der Waals surface area contributed by atoms with E-state index in [9.17, 15) is 4.79 Å². The van der Waals surface area contributed by atoms with Gasteiger partial charge in [0, 0.05) is 37.5 Å². The topological polar surface area (TPSA) is 146 Å². The monoisotopic (exact) mass is 453 g/mol. The quantitative estimate of drug-likeness (QED) is 0.429. The van der Waals surface area contributed by atoms with Crippen molar-refractivity contribution in [2.75, 3.05) is 33.0 Å². The number of nitrogen functional groups attached to an aromatic ring is 1. The first-order valence-electron chi connectivity index (χ1n) is 10.2. The number of aromatic nitrogens is 4. The van der Waals surface area contributed by atoms with E-state index >= 15 is 0 Å². The lowest BCUT2D eigenvalue weighted by Gasteiger charge is -2.10. The largest absolute Gasteiger partial charge is 0.491 e. The van der Waals surface area contributed by atoms with Crippen molar-refractivity contribution in [3.05, 3.63) is 60.3 Å². The molecule has 0 radical (unpaired) electrons. The second kappa shape index (κ2) is 9.45. The summed E-state index contributed by atoms with van der Waals surface area (Å²) in [5.41, 5.74) is 14.4. The minimum Gasteiger partial charge on any atom is -0.491 e. The van der Waals surface area contributed by atoms with Crippen LogP contribution in [-0.2, 0) is 0 Å². The first kappa shape index (κ1) is 21.9. The molecule has 33 heavy (non-hydrogen) atoms. The molecule has 0 fully saturated rings. The van der Waals surface area contributed by atoms with Gasteiger partial charge in [0.25, 0.3) is 17.7 Å². The number of ether oxygens (including phenoxy) is 1. The van der Waals surface area contributed by atoms with Gasteiger partial charge in [-0.15, -0.1) is 10.2 Å². The van der Waals surface area contributed by atoms with E-state index < -0.39 is 0 Å². The number of carbonyl (C=O) groups is 1. The molecule has 2 aromatic heterocycles. The molecule has 0 unspecified atom stereocenters. The van der Waals surface area contributed by atoms with Crippen molar-refractivity contribution in [2.24, 2.45) is 5.73 Å². The third-order valence-electron chi connectivity index (χ3n) is 4.76. The summed E-state index contributed by atoms with van der Waals surface area (Å²) in [7, 11) is 3.41. The highest BCUT2D eigenvalue weighted by molar-refractivity contribution is 5.94. The number of benzene rings is 2. The van der Waals surface area contributed by atoms with Gasteiger partial charge in [-0.2, -0.15) is 0 Å². The van der Waals surface area contributed by atoms with Crippen molar-refractivity contribution in [3.63, 3.8) is 0 Å². The summed E-state index contributed by atoms with van der Waals surface area (Å²) in [6.45, 7) is 0.740. The van der Waals surface area contributed by atoms with Crippen LogP contribution in [0, 0.1) is 0 Å². The van der Waals surface area contributed by atoms with E-state index in [1.807, 2.05) is 18.2 Å². The van der Waals surface area contributed by atoms with Crippen LogP contribution in [0.1, 0.15) is 16.1 Å². The van der Waals surface area contributed by atoms with Gasteiger partial charge in [0.2, 0.25) is 0 Å². The fraction of sp³-hybridized carbons (Fsp3) is 0.174. The van der Waals surface area contributed by atoms with Crippen molar-refractivity contribution in [3.8, 4) is 40.0 Å².